The second-order valence-corrected chi connectivity index (χ2v) is 5.19. The van der Waals surface area contributed by atoms with E-state index < -0.39 is 6.10 Å². The van der Waals surface area contributed by atoms with Crippen molar-refractivity contribution in [1.82, 2.24) is 5.32 Å². The van der Waals surface area contributed by atoms with Crippen LogP contribution in [0.25, 0.3) is 0 Å². The first-order valence-corrected chi connectivity index (χ1v) is 6.86. The molecule has 20 heavy (non-hydrogen) atoms. The van der Waals surface area contributed by atoms with Crippen LogP contribution < -0.4 is 5.32 Å². The van der Waals surface area contributed by atoms with E-state index in [0.29, 0.717) is 11.6 Å². The highest BCUT2D eigenvalue weighted by Gasteiger charge is 2.11. The molecular formula is C16H17ClFNO. The Morgan fingerprint density at radius 1 is 1.15 bits per heavy atom. The fourth-order valence-corrected chi connectivity index (χ4v) is 2.11. The zero-order valence-electron chi connectivity index (χ0n) is 11.2. The lowest BCUT2D eigenvalue weighted by atomic mass is 10.1. The highest BCUT2D eigenvalue weighted by Crippen LogP contribution is 2.18. The zero-order valence-corrected chi connectivity index (χ0v) is 11.9. The summed E-state index contributed by atoms with van der Waals surface area (Å²) in [5.41, 5.74) is 1.65. The van der Waals surface area contributed by atoms with Crippen LogP contribution in [-0.4, -0.2) is 11.7 Å². The van der Waals surface area contributed by atoms with E-state index in [1.54, 1.807) is 30.3 Å². The number of aliphatic hydroxyl groups excluding tert-OH is 1. The molecule has 106 valence electrons. The number of rotatable bonds is 5. The maximum atomic E-state index is 13.1. The molecule has 0 aliphatic rings. The predicted molar refractivity (Wildman–Crippen MR) is 79.2 cm³/mol. The summed E-state index contributed by atoms with van der Waals surface area (Å²) >= 11 is 5.81. The molecule has 0 radical (unpaired) electrons. The largest absolute Gasteiger partial charge is 0.387 e. The molecule has 0 heterocycles. The summed E-state index contributed by atoms with van der Waals surface area (Å²) in [6.07, 6.45) is -0.622. The Balaban J connectivity index is 1.93. The summed E-state index contributed by atoms with van der Waals surface area (Å²) in [6, 6.07) is 13.5. The van der Waals surface area contributed by atoms with E-state index in [1.807, 2.05) is 13.0 Å². The fraction of sp³-hybridized carbons (Fsp3) is 0.250. The van der Waals surface area contributed by atoms with Gasteiger partial charge in [-0.2, -0.15) is 0 Å². The number of hydrogen-bond acceptors (Lipinski definition) is 2. The molecule has 2 atom stereocenters. The van der Waals surface area contributed by atoms with Crippen molar-refractivity contribution in [3.8, 4) is 0 Å². The zero-order chi connectivity index (χ0) is 14.5. The first-order chi connectivity index (χ1) is 9.56. The van der Waals surface area contributed by atoms with Gasteiger partial charge in [-0.05, 0) is 42.3 Å². The second-order valence-electron chi connectivity index (χ2n) is 4.75. The van der Waals surface area contributed by atoms with Crippen LogP contribution in [0.4, 0.5) is 4.39 Å². The Bertz CT molecular complexity index is 559. The predicted octanol–water partition coefficient (Wildman–Crippen LogP) is 3.86. The minimum absolute atomic E-state index is 0.0346. The maximum Gasteiger partial charge on any atom is 0.123 e. The van der Waals surface area contributed by atoms with Gasteiger partial charge < -0.3 is 10.4 Å². The maximum absolute atomic E-state index is 13.1. The van der Waals surface area contributed by atoms with Gasteiger partial charge in [0.1, 0.15) is 5.82 Å². The Labute approximate surface area is 123 Å². The van der Waals surface area contributed by atoms with E-state index in [1.165, 1.54) is 12.1 Å². The highest BCUT2D eigenvalue weighted by atomic mass is 35.5. The molecule has 4 heteroatoms. The van der Waals surface area contributed by atoms with Gasteiger partial charge in [-0.1, -0.05) is 35.9 Å². The summed E-state index contributed by atoms with van der Waals surface area (Å²) < 4.78 is 13.1. The molecule has 0 aliphatic carbocycles. The van der Waals surface area contributed by atoms with E-state index in [4.69, 9.17) is 11.6 Å². The molecule has 2 nitrogen and oxygen atoms in total. The summed E-state index contributed by atoms with van der Waals surface area (Å²) in [6.45, 7) is 2.32. The highest BCUT2D eigenvalue weighted by molar-refractivity contribution is 6.30. The van der Waals surface area contributed by atoms with Gasteiger partial charge in [0, 0.05) is 17.6 Å². The van der Waals surface area contributed by atoms with Crippen molar-refractivity contribution < 1.29 is 9.50 Å². The van der Waals surface area contributed by atoms with Crippen LogP contribution in [-0.2, 0) is 0 Å². The topological polar surface area (TPSA) is 32.3 Å². The lowest BCUT2D eigenvalue weighted by Gasteiger charge is -2.18. The van der Waals surface area contributed by atoms with Crippen molar-refractivity contribution in [2.75, 3.05) is 6.54 Å². The van der Waals surface area contributed by atoms with Crippen molar-refractivity contribution >= 4 is 11.6 Å². The Kier molecular flexibility index (Phi) is 5.12. The van der Waals surface area contributed by atoms with Crippen LogP contribution in [0, 0.1) is 5.82 Å². The van der Waals surface area contributed by atoms with Crippen LogP contribution in [0.1, 0.15) is 30.2 Å². The van der Waals surface area contributed by atoms with E-state index in [2.05, 4.69) is 5.32 Å². The van der Waals surface area contributed by atoms with Crippen LogP contribution in [0.2, 0.25) is 5.02 Å². The molecule has 2 aromatic rings. The molecule has 0 aromatic heterocycles. The fourth-order valence-electron chi connectivity index (χ4n) is 1.98. The summed E-state index contributed by atoms with van der Waals surface area (Å²) in [5.74, 6) is -0.255. The molecular weight excluding hydrogens is 277 g/mol. The standard InChI is InChI=1S/C16H17ClFNO/c1-11(13-3-2-4-15(18)9-13)19-10-16(20)12-5-7-14(17)8-6-12/h2-9,11,16,19-20H,10H2,1H3/t11-,16?/m0/s1. The summed E-state index contributed by atoms with van der Waals surface area (Å²) in [4.78, 5) is 0. The molecule has 0 bridgehead atoms. The molecule has 0 fully saturated rings. The quantitative estimate of drug-likeness (QED) is 0.877. The van der Waals surface area contributed by atoms with E-state index >= 15 is 0 Å². The Morgan fingerprint density at radius 2 is 1.85 bits per heavy atom. The molecule has 0 aliphatic heterocycles. The number of benzene rings is 2. The molecule has 0 spiro atoms. The molecule has 2 N–H and O–H groups in total. The van der Waals surface area contributed by atoms with Gasteiger partial charge in [-0.3, -0.25) is 0 Å². The van der Waals surface area contributed by atoms with E-state index in [0.717, 1.165) is 11.1 Å². The van der Waals surface area contributed by atoms with Gasteiger partial charge in [-0.25, -0.2) is 4.39 Å². The van der Waals surface area contributed by atoms with Crippen LogP contribution in [0.15, 0.2) is 48.5 Å². The third-order valence-corrected chi connectivity index (χ3v) is 3.47. The molecule has 0 saturated carbocycles. The van der Waals surface area contributed by atoms with Gasteiger partial charge >= 0.3 is 0 Å². The van der Waals surface area contributed by atoms with Crippen LogP contribution in [0.5, 0.6) is 0 Å². The van der Waals surface area contributed by atoms with E-state index in [-0.39, 0.29) is 11.9 Å². The molecule has 0 amide bonds. The minimum atomic E-state index is -0.622. The first-order valence-electron chi connectivity index (χ1n) is 6.48. The average molecular weight is 294 g/mol. The van der Waals surface area contributed by atoms with Crippen LogP contribution >= 0.6 is 11.6 Å². The second kappa shape index (κ2) is 6.84. The molecule has 2 aromatic carbocycles. The van der Waals surface area contributed by atoms with Gasteiger partial charge in [0.25, 0.3) is 0 Å². The van der Waals surface area contributed by atoms with Crippen molar-refractivity contribution in [3.05, 3.63) is 70.5 Å². The van der Waals surface area contributed by atoms with Crippen molar-refractivity contribution in [3.63, 3.8) is 0 Å². The Hall–Kier alpha value is -1.42. The SMILES string of the molecule is C[C@H](NCC(O)c1ccc(Cl)cc1)c1cccc(F)c1. The number of halogens is 2. The summed E-state index contributed by atoms with van der Waals surface area (Å²) in [5, 5.41) is 13.9. The first kappa shape index (κ1) is 15.0. The molecule has 1 unspecified atom stereocenters. The third-order valence-electron chi connectivity index (χ3n) is 3.22. The number of aliphatic hydroxyl groups is 1. The minimum Gasteiger partial charge on any atom is -0.387 e. The lowest BCUT2D eigenvalue weighted by molar-refractivity contribution is 0.171. The lowest BCUT2D eigenvalue weighted by Crippen LogP contribution is -2.24. The monoisotopic (exact) mass is 293 g/mol. The molecule has 2 rings (SSSR count). The van der Waals surface area contributed by atoms with Gasteiger partial charge in [0.15, 0.2) is 0 Å². The Morgan fingerprint density at radius 3 is 2.50 bits per heavy atom. The summed E-state index contributed by atoms with van der Waals surface area (Å²) in [7, 11) is 0. The van der Waals surface area contributed by atoms with Gasteiger partial charge in [-0.15, -0.1) is 0 Å². The van der Waals surface area contributed by atoms with E-state index in [9.17, 15) is 9.50 Å². The van der Waals surface area contributed by atoms with Crippen LogP contribution in [0.3, 0.4) is 0 Å². The number of hydrogen-bond donors (Lipinski definition) is 2. The van der Waals surface area contributed by atoms with Crippen molar-refractivity contribution in [2.24, 2.45) is 0 Å². The normalized spacial score (nSPS) is 14.0. The van der Waals surface area contributed by atoms with Gasteiger partial charge in [0.05, 0.1) is 6.10 Å². The third kappa shape index (κ3) is 4.04. The average Bonchev–Trinajstić information content (AvgIpc) is 2.45. The van der Waals surface area contributed by atoms with Crippen molar-refractivity contribution in [1.29, 1.82) is 0 Å². The number of nitrogens with one attached hydrogen (secondary N) is 1. The molecule has 0 saturated heterocycles. The smallest absolute Gasteiger partial charge is 0.123 e. The van der Waals surface area contributed by atoms with Gasteiger partial charge in [0.2, 0.25) is 0 Å². The van der Waals surface area contributed by atoms with Crippen molar-refractivity contribution in [2.45, 2.75) is 19.1 Å².